The highest BCUT2D eigenvalue weighted by Gasteiger charge is 2.20. The van der Waals surface area contributed by atoms with E-state index in [1.165, 1.54) is 16.3 Å². The normalized spacial score (nSPS) is 14.1. The zero-order chi connectivity index (χ0) is 33.8. The zero-order valence-corrected chi connectivity index (χ0v) is 26.9. The molecule has 0 fully saturated rings. The predicted molar refractivity (Wildman–Crippen MR) is 201 cm³/mol. The molecule has 5 nitrogen and oxygen atoms in total. The van der Waals surface area contributed by atoms with Crippen molar-refractivity contribution in [2.24, 2.45) is 0 Å². The maximum Gasteiger partial charge on any atom is 0.101 e. The summed E-state index contributed by atoms with van der Waals surface area (Å²) in [6.45, 7) is 0. The van der Waals surface area contributed by atoms with Crippen molar-refractivity contribution in [3.8, 4) is 35.0 Å². The van der Waals surface area contributed by atoms with Gasteiger partial charge in [-0.05, 0) is 72.2 Å². The van der Waals surface area contributed by atoms with Crippen LogP contribution in [0.1, 0.15) is 34.6 Å². The monoisotopic (exact) mass is 637 g/mol. The van der Waals surface area contributed by atoms with Crippen molar-refractivity contribution in [2.75, 3.05) is 0 Å². The number of hydrogen-bond acceptors (Lipinski definition) is 3. The highest BCUT2D eigenvalue weighted by Crippen LogP contribution is 2.39. The van der Waals surface area contributed by atoms with E-state index in [0.29, 0.717) is 16.7 Å². The summed E-state index contributed by atoms with van der Waals surface area (Å²) in [5, 5.41) is 33.7. The number of hydrogen-bond donors (Lipinski definition) is 0. The van der Waals surface area contributed by atoms with Gasteiger partial charge < -0.3 is 9.13 Å². The average Bonchev–Trinajstić information content (AvgIpc) is 3.70. The molecule has 1 atom stereocenters. The summed E-state index contributed by atoms with van der Waals surface area (Å²) in [6.07, 6.45) is 7.44. The van der Waals surface area contributed by atoms with Gasteiger partial charge >= 0.3 is 0 Å². The minimum atomic E-state index is 0.194. The second-order valence-corrected chi connectivity index (χ2v) is 12.7. The van der Waals surface area contributed by atoms with Crippen LogP contribution in [0, 0.1) is 34.0 Å². The quantitative estimate of drug-likeness (QED) is 0.193. The van der Waals surface area contributed by atoms with E-state index < -0.39 is 0 Å². The third-order valence-corrected chi connectivity index (χ3v) is 9.97. The Morgan fingerprint density at radius 3 is 1.90 bits per heavy atom. The molecule has 9 rings (SSSR count). The van der Waals surface area contributed by atoms with Gasteiger partial charge in [0.2, 0.25) is 0 Å². The second kappa shape index (κ2) is 11.5. The third kappa shape index (κ3) is 4.45. The number of benzene rings is 6. The SMILES string of the molecule is N#Cc1ccc(-c2ccc(C3C=CC(n4c5ccc(C#N)cc5c5cccc(C#N)c54)=CC3)cc2)c(-n2c3ccccc3c3ccccc32)c1. The predicted octanol–water partition coefficient (Wildman–Crippen LogP) is 10.8. The van der Waals surface area contributed by atoms with E-state index in [4.69, 9.17) is 0 Å². The number of nitrogens with zero attached hydrogens (tertiary/aromatic N) is 5. The molecule has 0 amide bonds. The van der Waals surface area contributed by atoms with Gasteiger partial charge in [0.15, 0.2) is 0 Å². The van der Waals surface area contributed by atoms with Gasteiger partial charge in [-0.3, -0.25) is 0 Å². The lowest BCUT2D eigenvalue weighted by Crippen LogP contribution is -2.03. The zero-order valence-electron chi connectivity index (χ0n) is 26.9. The molecule has 5 heteroatoms. The first-order chi connectivity index (χ1) is 24.7. The highest BCUT2D eigenvalue weighted by molar-refractivity contribution is 6.12. The van der Waals surface area contributed by atoms with Gasteiger partial charge in [0.1, 0.15) is 6.07 Å². The Kier molecular flexibility index (Phi) is 6.70. The maximum absolute atomic E-state index is 10.0. The van der Waals surface area contributed by atoms with E-state index in [2.05, 4.69) is 124 Å². The van der Waals surface area contributed by atoms with Gasteiger partial charge in [-0.25, -0.2) is 0 Å². The van der Waals surface area contributed by atoms with E-state index in [1.807, 2.05) is 48.5 Å². The molecule has 232 valence electrons. The van der Waals surface area contributed by atoms with Gasteiger partial charge in [0, 0.05) is 38.7 Å². The molecule has 8 aromatic rings. The smallest absolute Gasteiger partial charge is 0.101 e. The van der Waals surface area contributed by atoms with Gasteiger partial charge in [0.05, 0.1) is 56.6 Å². The topological polar surface area (TPSA) is 81.2 Å². The number of nitriles is 3. The Hall–Kier alpha value is -7.13. The van der Waals surface area contributed by atoms with Crippen LogP contribution in [0.25, 0.3) is 66.1 Å². The molecule has 1 aliphatic carbocycles. The molecule has 6 aromatic carbocycles. The van der Waals surface area contributed by atoms with Gasteiger partial charge in [-0.1, -0.05) is 91.0 Å². The highest BCUT2D eigenvalue weighted by atomic mass is 15.0. The third-order valence-electron chi connectivity index (χ3n) is 9.97. The fourth-order valence-corrected chi connectivity index (χ4v) is 7.64. The summed E-state index contributed by atoms with van der Waals surface area (Å²) < 4.78 is 4.43. The summed E-state index contributed by atoms with van der Waals surface area (Å²) >= 11 is 0. The molecule has 1 unspecified atom stereocenters. The molecule has 0 bridgehead atoms. The number of allylic oxidation sites excluding steroid dienone is 4. The number of fused-ring (bicyclic) bond motifs is 6. The molecule has 0 radical (unpaired) electrons. The standard InChI is InChI=1S/C45H27N5/c46-26-29-13-23-43-40(24-29)39-9-5-6-34(28-48)45(39)49(43)35-20-18-32(19-21-35)31-14-16-33(17-15-31)36-22-12-30(27-47)25-44(36)50-41-10-3-1-7-37(41)38-8-2-4-11-42(38)50/h1-18,20-25,32H,19H2. The lowest BCUT2D eigenvalue weighted by atomic mass is 9.90. The minimum Gasteiger partial charge on any atom is -0.309 e. The van der Waals surface area contributed by atoms with Crippen LogP contribution in [0.15, 0.2) is 146 Å². The number of aromatic nitrogens is 2. The van der Waals surface area contributed by atoms with Gasteiger partial charge in [0.25, 0.3) is 0 Å². The van der Waals surface area contributed by atoms with Crippen molar-refractivity contribution in [3.63, 3.8) is 0 Å². The second-order valence-electron chi connectivity index (χ2n) is 12.7. The lowest BCUT2D eigenvalue weighted by Gasteiger charge is -2.20. The molecule has 0 N–H and O–H groups in total. The van der Waals surface area contributed by atoms with Crippen LogP contribution in [0.2, 0.25) is 0 Å². The van der Waals surface area contributed by atoms with Crippen LogP contribution in [-0.4, -0.2) is 9.13 Å². The Balaban J connectivity index is 1.08. The van der Waals surface area contributed by atoms with Crippen LogP contribution < -0.4 is 0 Å². The van der Waals surface area contributed by atoms with E-state index in [0.717, 1.165) is 61.8 Å². The van der Waals surface area contributed by atoms with Crippen LogP contribution >= 0.6 is 0 Å². The first kappa shape index (κ1) is 29.0. The van der Waals surface area contributed by atoms with E-state index in [1.54, 1.807) is 0 Å². The molecule has 0 spiro atoms. The molecule has 50 heavy (non-hydrogen) atoms. The largest absolute Gasteiger partial charge is 0.309 e. The Bertz CT molecular complexity index is 2820. The van der Waals surface area contributed by atoms with E-state index in [9.17, 15) is 15.8 Å². The molecular weight excluding hydrogens is 611 g/mol. The average molecular weight is 638 g/mol. The van der Waals surface area contributed by atoms with Crippen LogP contribution in [0.5, 0.6) is 0 Å². The number of para-hydroxylation sites is 3. The van der Waals surface area contributed by atoms with Crippen LogP contribution in [-0.2, 0) is 0 Å². The van der Waals surface area contributed by atoms with Crippen molar-refractivity contribution >= 4 is 49.3 Å². The molecule has 0 saturated carbocycles. The van der Waals surface area contributed by atoms with Crippen LogP contribution in [0.4, 0.5) is 0 Å². The molecule has 0 saturated heterocycles. The van der Waals surface area contributed by atoms with Crippen molar-refractivity contribution < 1.29 is 0 Å². The van der Waals surface area contributed by atoms with Crippen molar-refractivity contribution in [1.82, 2.24) is 9.13 Å². The minimum absolute atomic E-state index is 0.194. The first-order valence-electron chi connectivity index (χ1n) is 16.6. The molecule has 2 heterocycles. The Morgan fingerprint density at radius 1 is 0.560 bits per heavy atom. The molecule has 1 aliphatic rings. The maximum atomic E-state index is 10.0. The first-order valence-corrected chi connectivity index (χ1v) is 16.6. The van der Waals surface area contributed by atoms with E-state index >= 15 is 0 Å². The van der Waals surface area contributed by atoms with Gasteiger partial charge in [-0.2, -0.15) is 15.8 Å². The molecular formula is C45H27N5. The fraction of sp³-hybridized carbons (Fsp3) is 0.0444. The van der Waals surface area contributed by atoms with Crippen LogP contribution in [0.3, 0.4) is 0 Å². The summed E-state index contributed by atoms with van der Waals surface area (Å²) in [4.78, 5) is 0. The van der Waals surface area contributed by atoms with E-state index in [-0.39, 0.29) is 5.92 Å². The van der Waals surface area contributed by atoms with Gasteiger partial charge in [-0.15, -0.1) is 0 Å². The Labute approximate surface area is 288 Å². The number of rotatable bonds is 4. The van der Waals surface area contributed by atoms with Crippen molar-refractivity contribution in [3.05, 3.63) is 168 Å². The molecule has 2 aromatic heterocycles. The van der Waals surface area contributed by atoms with Crippen molar-refractivity contribution in [2.45, 2.75) is 12.3 Å². The summed E-state index contributed by atoms with van der Waals surface area (Å²) in [6, 6.07) is 50.0. The summed E-state index contributed by atoms with van der Waals surface area (Å²) in [5.41, 5.74) is 11.2. The summed E-state index contributed by atoms with van der Waals surface area (Å²) in [7, 11) is 0. The molecule has 0 aliphatic heterocycles. The Morgan fingerprint density at radius 2 is 1.22 bits per heavy atom. The summed E-state index contributed by atoms with van der Waals surface area (Å²) in [5.74, 6) is 0.194. The van der Waals surface area contributed by atoms with Crippen molar-refractivity contribution in [1.29, 1.82) is 15.8 Å². The lowest BCUT2D eigenvalue weighted by molar-refractivity contribution is 0.850. The fourth-order valence-electron chi connectivity index (χ4n) is 7.64.